The van der Waals surface area contributed by atoms with Crippen LogP contribution in [0.25, 0.3) is 22.3 Å². The van der Waals surface area contributed by atoms with E-state index >= 15 is 0 Å². The largest absolute Gasteiger partial charge is 0.490 e. The number of ether oxygens (including phenoxy) is 1. The molecule has 14 heteroatoms. The number of aliphatic hydroxyl groups is 1. The van der Waals surface area contributed by atoms with E-state index in [1.54, 1.807) is 25.2 Å². The highest BCUT2D eigenvalue weighted by atomic mass is 16.5. The average Bonchev–Trinajstić information content (AvgIpc) is 3.01. The number of nitrogens with one attached hydrogen (secondary N) is 1. The van der Waals surface area contributed by atoms with Crippen molar-refractivity contribution in [2.45, 2.75) is 13.0 Å². The highest BCUT2D eigenvalue weighted by molar-refractivity contribution is 6.27. The second-order valence-electron chi connectivity index (χ2n) is 9.63. The average molecular weight is 611 g/mol. The Labute approximate surface area is 251 Å². The minimum Gasteiger partial charge on any atom is -0.490 e. The first-order valence-electron chi connectivity index (χ1n) is 13.6. The molecule has 0 aliphatic carbocycles. The van der Waals surface area contributed by atoms with Gasteiger partial charge in [-0.3, -0.25) is 23.6 Å². The zero-order valence-electron chi connectivity index (χ0n) is 24.4. The number of likely N-dealkylation sites (N-methyl/N-ethyl adjacent to an activating group) is 1. The van der Waals surface area contributed by atoms with Gasteiger partial charge in [0.05, 0.1) is 0 Å². The van der Waals surface area contributed by atoms with Crippen LogP contribution in [0.15, 0.2) is 79.5 Å². The minimum absolute atomic E-state index is 0.00779. The lowest BCUT2D eigenvalue weighted by Crippen LogP contribution is -2.40. The summed E-state index contributed by atoms with van der Waals surface area (Å²) < 4.78 is 14.2. The third-order valence-corrected chi connectivity index (χ3v) is 6.57. The van der Waals surface area contributed by atoms with E-state index in [4.69, 9.17) is 29.0 Å². The Morgan fingerprint density at radius 1 is 0.977 bits per heavy atom. The molecule has 234 valence electrons. The van der Waals surface area contributed by atoms with Gasteiger partial charge in [0.1, 0.15) is 41.0 Å². The van der Waals surface area contributed by atoms with Crippen LogP contribution in [-0.4, -0.2) is 80.2 Å². The van der Waals surface area contributed by atoms with Crippen LogP contribution in [0.1, 0.15) is 6.92 Å². The van der Waals surface area contributed by atoms with Crippen molar-refractivity contribution in [2.75, 3.05) is 38.1 Å². The molecule has 2 aromatic heterocycles. The molecule has 0 radical (unpaired) electrons. The van der Waals surface area contributed by atoms with Gasteiger partial charge in [0.25, 0.3) is 5.56 Å². The van der Waals surface area contributed by atoms with Gasteiger partial charge in [-0.2, -0.15) is 0 Å². The maximum absolute atomic E-state index is 12.9. The fourth-order valence-corrected chi connectivity index (χ4v) is 4.20. The first-order chi connectivity index (χ1) is 20.9. The molecule has 0 bridgehead atoms. The molecule has 0 saturated heterocycles. The molecule has 0 aliphatic heterocycles. The summed E-state index contributed by atoms with van der Waals surface area (Å²) in [5.41, 5.74) is 0.212. The predicted octanol–water partition coefficient (Wildman–Crippen LogP) is 1.19. The van der Waals surface area contributed by atoms with E-state index < -0.39 is 23.7 Å². The number of nitrogens with zero attached hydrogens (tertiary/aromatic N) is 3. The second-order valence-corrected chi connectivity index (χ2v) is 9.63. The molecule has 4 aromatic rings. The fraction of sp³-hybridized carbons (Fsp3) is 0.300. The summed E-state index contributed by atoms with van der Waals surface area (Å²) in [5, 5.41) is 28.9. The van der Waals surface area contributed by atoms with Gasteiger partial charge in [0.2, 0.25) is 0 Å². The van der Waals surface area contributed by atoms with Crippen molar-refractivity contribution >= 4 is 28.7 Å². The number of benzene rings is 2. The van der Waals surface area contributed by atoms with Crippen molar-refractivity contribution in [2.24, 2.45) is 14.1 Å². The maximum atomic E-state index is 12.9. The molecule has 4 rings (SSSR count). The summed E-state index contributed by atoms with van der Waals surface area (Å²) in [7, 11) is 3.03. The smallest absolute Gasteiger partial charge is 0.414 e. The summed E-state index contributed by atoms with van der Waals surface area (Å²) in [6, 6.07) is 17.4. The molecule has 0 fully saturated rings. The van der Waals surface area contributed by atoms with Gasteiger partial charge < -0.3 is 29.8 Å². The van der Waals surface area contributed by atoms with Crippen LogP contribution in [0.2, 0.25) is 0 Å². The number of fused-ring (bicyclic) bond motifs is 1. The first-order valence-corrected chi connectivity index (χ1v) is 13.6. The summed E-state index contributed by atoms with van der Waals surface area (Å²) in [5.74, 6) is -2.39. The zero-order chi connectivity index (χ0) is 32.4. The number of rotatable bonds is 11. The molecule has 4 N–H and O–H groups in total. The van der Waals surface area contributed by atoms with E-state index in [9.17, 15) is 19.5 Å². The molecule has 2 heterocycles. The Morgan fingerprint density at radius 3 is 2.30 bits per heavy atom. The van der Waals surface area contributed by atoms with Crippen LogP contribution in [0, 0.1) is 0 Å². The van der Waals surface area contributed by atoms with Gasteiger partial charge >= 0.3 is 17.6 Å². The van der Waals surface area contributed by atoms with Gasteiger partial charge in [0, 0.05) is 51.4 Å². The Balaban J connectivity index is 0.000000801. The monoisotopic (exact) mass is 610 g/mol. The van der Waals surface area contributed by atoms with E-state index in [-0.39, 0.29) is 17.6 Å². The molecule has 0 saturated carbocycles. The fourth-order valence-electron chi connectivity index (χ4n) is 4.20. The van der Waals surface area contributed by atoms with Crippen LogP contribution in [0.5, 0.6) is 5.75 Å². The van der Waals surface area contributed by atoms with Gasteiger partial charge in [-0.25, -0.2) is 14.4 Å². The molecular weight excluding hydrogens is 576 g/mol. The predicted molar refractivity (Wildman–Crippen MR) is 162 cm³/mol. The van der Waals surface area contributed by atoms with Crippen LogP contribution in [0.3, 0.4) is 0 Å². The molecule has 2 aromatic carbocycles. The van der Waals surface area contributed by atoms with Crippen LogP contribution >= 0.6 is 0 Å². The van der Waals surface area contributed by atoms with E-state index in [2.05, 4.69) is 5.32 Å². The van der Waals surface area contributed by atoms with Gasteiger partial charge in [-0.15, -0.1) is 0 Å². The number of aliphatic hydroxyl groups excluding tert-OH is 1. The molecular formula is C30H34N4O10. The molecule has 0 amide bonds. The standard InChI is InChI=1S/C28H32N4O6.C2H2O4/c1-4-32(14-13-29-25-16-26(35)31(3)28(36)30(25)2)17-20(33)18-37-22-11-8-12-23-27(22)21(34)15-24(38-23)19-9-6-5-7-10-19;3-1(4)2(5)6/h5-12,15-16,20,29,33H,4,13-14,17-18H2,1-3H3;(H,3,4)(H,5,6). The zero-order valence-corrected chi connectivity index (χ0v) is 24.4. The summed E-state index contributed by atoms with van der Waals surface area (Å²) in [6.07, 6.45) is -0.811. The van der Waals surface area contributed by atoms with Crippen molar-refractivity contribution in [3.8, 4) is 17.1 Å². The van der Waals surface area contributed by atoms with Crippen LogP contribution in [-0.2, 0) is 23.7 Å². The number of hydrogen-bond donors (Lipinski definition) is 4. The number of aromatic nitrogens is 2. The maximum Gasteiger partial charge on any atom is 0.414 e. The van der Waals surface area contributed by atoms with Crippen molar-refractivity contribution in [3.05, 3.63) is 91.7 Å². The number of anilines is 1. The number of carboxylic acids is 2. The Kier molecular flexibility index (Phi) is 11.6. The van der Waals surface area contributed by atoms with Crippen molar-refractivity contribution in [3.63, 3.8) is 0 Å². The Bertz CT molecular complexity index is 1770. The molecule has 14 nitrogen and oxygen atoms in total. The van der Waals surface area contributed by atoms with Crippen molar-refractivity contribution < 1.29 is 34.1 Å². The van der Waals surface area contributed by atoms with Gasteiger partial charge in [0.15, 0.2) is 5.43 Å². The van der Waals surface area contributed by atoms with E-state index in [0.29, 0.717) is 54.5 Å². The lowest BCUT2D eigenvalue weighted by atomic mass is 10.1. The highest BCUT2D eigenvalue weighted by Gasteiger charge is 2.15. The van der Waals surface area contributed by atoms with Crippen LogP contribution in [0.4, 0.5) is 5.82 Å². The summed E-state index contributed by atoms with van der Waals surface area (Å²) in [6.45, 7) is 4.01. The quantitative estimate of drug-likeness (QED) is 0.178. The number of carboxylic acid groups (broad SMARTS) is 2. The molecule has 1 atom stereocenters. The van der Waals surface area contributed by atoms with Crippen molar-refractivity contribution in [1.82, 2.24) is 14.0 Å². The third-order valence-electron chi connectivity index (χ3n) is 6.57. The summed E-state index contributed by atoms with van der Waals surface area (Å²) in [4.78, 5) is 57.1. The second kappa shape index (κ2) is 15.3. The number of carbonyl (C=O) groups is 2. The Morgan fingerprint density at radius 2 is 1.66 bits per heavy atom. The van der Waals surface area contributed by atoms with Crippen LogP contribution < -0.4 is 26.7 Å². The molecule has 0 aliphatic rings. The van der Waals surface area contributed by atoms with Crippen molar-refractivity contribution in [1.29, 1.82) is 0 Å². The van der Waals surface area contributed by atoms with E-state index in [1.165, 1.54) is 23.7 Å². The normalized spacial score (nSPS) is 11.5. The Hall–Kier alpha value is -5.21. The number of aliphatic carboxylic acids is 2. The lowest BCUT2D eigenvalue weighted by molar-refractivity contribution is -0.159. The first kappa shape index (κ1) is 33.3. The van der Waals surface area contributed by atoms with Gasteiger partial charge in [-0.05, 0) is 18.7 Å². The molecule has 44 heavy (non-hydrogen) atoms. The van der Waals surface area contributed by atoms with E-state index in [1.807, 2.05) is 42.2 Å². The topological polar surface area (TPSA) is 194 Å². The number of hydrogen-bond acceptors (Lipinski definition) is 10. The lowest BCUT2D eigenvalue weighted by Gasteiger charge is -2.24. The highest BCUT2D eigenvalue weighted by Crippen LogP contribution is 2.27. The van der Waals surface area contributed by atoms with E-state index in [0.717, 1.165) is 10.1 Å². The minimum atomic E-state index is -1.82. The molecule has 1 unspecified atom stereocenters. The third kappa shape index (κ3) is 8.65. The SMILES string of the molecule is CCN(CCNc1cc(=O)n(C)c(=O)n1C)CC(O)COc1cccc2oc(-c3ccccc3)cc(=O)c12.O=C(O)C(=O)O. The molecule has 0 spiro atoms. The van der Waals surface area contributed by atoms with Gasteiger partial charge in [-0.1, -0.05) is 43.3 Å². The summed E-state index contributed by atoms with van der Waals surface area (Å²) >= 11 is 0.